The quantitative estimate of drug-likeness (QED) is 0.849. The van der Waals surface area contributed by atoms with Gasteiger partial charge in [-0.2, -0.15) is 0 Å². The van der Waals surface area contributed by atoms with Gasteiger partial charge in [-0.25, -0.2) is 0 Å². The van der Waals surface area contributed by atoms with Crippen molar-refractivity contribution in [1.82, 2.24) is 9.88 Å². The van der Waals surface area contributed by atoms with Crippen molar-refractivity contribution in [3.8, 4) is 0 Å². The first-order valence-electron chi connectivity index (χ1n) is 7.73. The van der Waals surface area contributed by atoms with Gasteiger partial charge in [0.2, 0.25) is 5.91 Å². The number of nitrogens with zero attached hydrogens (tertiary/aromatic N) is 2. The Morgan fingerprint density at radius 3 is 2.77 bits per heavy atom. The molecule has 0 saturated carbocycles. The Hall–Kier alpha value is -1.11. The molecule has 1 aromatic rings. The van der Waals surface area contributed by atoms with Gasteiger partial charge in [-0.1, -0.05) is 0 Å². The van der Waals surface area contributed by atoms with Crippen LogP contribution in [0.3, 0.4) is 0 Å². The van der Waals surface area contributed by atoms with Crippen molar-refractivity contribution in [2.75, 3.05) is 25.4 Å². The zero-order valence-corrected chi connectivity index (χ0v) is 13.7. The second-order valence-corrected chi connectivity index (χ2v) is 6.86. The highest BCUT2D eigenvalue weighted by atomic mass is 32.2. The first kappa shape index (κ1) is 15.8. The maximum absolute atomic E-state index is 12.3. The SMILES string of the molecule is C[C@@H]1COC2(CCN(C(=O)CSCc3ccncc3)CC2)O1. The van der Waals surface area contributed by atoms with Gasteiger partial charge in [0.25, 0.3) is 0 Å². The van der Waals surface area contributed by atoms with Crippen LogP contribution < -0.4 is 0 Å². The molecule has 0 aliphatic carbocycles. The van der Waals surface area contributed by atoms with Crippen LogP contribution in [0.2, 0.25) is 0 Å². The van der Waals surface area contributed by atoms with Crippen LogP contribution in [0.5, 0.6) is 0 Å². The van der Waals surface area contributed by atoms with Crippen molar-refractivity contribution < 1.29 is 14.3 Å². The number of rotatable bonds is 4. The van der Waals surface area contributed by atoms with Crippen molar-refractivity contribution in [2.24, 2.45) is 0 Å². The fraction of sp³-hybridized carbons (Fsp3) is 0.625. The smallest absolute Gasteiger partial charge is 0.232 e. The standard InChI is InChI=1S/C16H22N2O3S/c1-13-10-20-16(21-13)4-8-18(9-5-16)15(19)12-22-11-14-2-6-17-7-3-14/h2-3,6-7,13H,4-5,8-12H2,1H3/t13-/m1/s1. The van der Waals surface area contributed by atoms with Crippen molar-refractivity contribution in [1.29, 1.82) is 0 Å². The van der Waals surface area contributed by atoms with Crippen molar-refractivity contribution >= 4 is 17.7 Å². The number of hydrogen-bond acceptors (Lipinski definition) is 5. The molecule has 3 rings (SSSR count). The summed E-state index contributed by atoms with van der Waals surface area (Å²) in [5.74, 6) is 1.14. The lowest BCUT2D eigenvalue weighted by atomic mass is 10.0. The van der Waals surface area contributed by atoms with E-state index in [0.717, 1.165) is 31.7 Å². The van der Waals surface area contributed by atoms with Crippen LogP contribution in [-0.4, -0.2) is 53.1 Å². The monoisotopic (exact) mass is 322 g/mol. The van der Waals surface area contributed by atoms with Crippen molar-refractivity contribution in [2.45, 2.75) is 37.4 Å². The molecule has 2 fully saturated rings. The number of hydrogen-bond donors (Lipinski definition) is 0. The molecule has 0 N–H and O–H groups in total. The summed E-state index contributed by atoms with van der Waals surface area (Å²) < 4.78 is 11.7. The molecule has 2 aliphatic heterocycles. The molecule has 6 heteroatoms. The summed E-state index contributed by atoms with van der Waals surface area (Å²) in [4.78, 5) is 18.2. The average Bonchev–Trinajstić information content (AvgIpc) is 2.89. The number of aromatic nitrogens is 1. The lowest BCUT2D eigenvalue weighted by Gasteiger charge is -2.37. The summed E-state index contributed by atoms with van der Waals surface area (Å²) in [5.41, 5.74) is 1.20. The zero-order chi connectivity index (χ0) is 15.4. The van der Waals surface area contributed by atoms with E-state index in [2.05, 4.69) is 4.98 Å². The summed E-state index contributed by atoms with van der Waals surface area (Å²) in [6.45, 7) is 4.14. The predicted molar refractivity (Wildman–Crippen MR) is 85.4 cm³/mol. The number of carbonyl (C=O) groups excluding carboxylic acids is 1. The molecule has 2 saturated heterocycles. The Bertz CT molecular complexity index is 503. The molecule has 0 unspecified atom stereocenters. The minimum absolute atomic E-state index is 0.165. The van der Waals surface area contributed by atoms with E-state index in [-0.39, 0.29) is 12.0 Å². The normalized spacial score (nSPS) is 23.9. The number of carbonyl (C=O) groups is 1. The van der Waals surface area contributed by atoms with E-state index in [1.54, 1.807) is 24.2 Å². The average molecular weight is 322 g/mol. The van der Waals surface area contributed by atoms with Crippen LogP contribution in [0.1, 0.15) is 25.3 Å². The fourth-order valence-corrected chi connectivity index (χ4v) is 3.78. The Kier molecular flexibility index (Phi) is 5.00. The molecule has 0 bridgehead atoms. The number of likely N-dealkylation sites (tertiary alicyclic amines) is 1. The molecule has 1 spiro atoms. The van der Waals surface area contributed by atoms with E-state index in [9.17, 15) is 4.79 Å². The molecule has 0 aromatic carbocycles. The van der Waals surface area contributed by atoms with Crippen LogP contribution in [0.25, 0.3) is 0 Å². The second-order valence-electron chi connectivity index (χ2n) is 5.88. The van der Waals surface area contributed by atoms with Gasteiger partial charge in [0.1, 0.15) is 0 Å². The molecular formula is C16H22N2O3S. The molecule has 22 heavy (non-hydrogen) atoms. The summed E-state index contributed by atoms with van der Waals surface area (Å²) in [5, 5.41) is 0. The van der Waals surface area contributed by atoms with Gasteiger partial charge in [-0.3, -0.25) is 9.78 Å². The lowest BCUT2D eigenvalue weighted by molar-refractivity contribution is -0.194. The van der Waals surface area contributed by atoms with E-state index in [1.807, 2.05) is 24.0 Å². The van der Waals surface area contributed by atoms with Gasteiger partial charge >= 0.3 is 0 Å². The molecule has 2 aliphatic rings. The van der Waals surface area contributed by atoms with E-state index in [1.165, 1.54) is 5.56 Å². The zero-order valence-electron chi connectivity index (χ0n) is 12.9. The molecule has 0 radical (unpaired) electrons. The van der Waals surface area contributed by atoms with Crippen molar-refractivity contribution in [3.05, 3.63) is 30.1 Å². The fourth-order valence-electron chi connectivity index (χ4n) is 2.89. The van der Waals surface area contributed by atoms with Crippen molar-refractivity contribution in [3.63, 3.8) is 0 Å². The van der Waals surface area contributed by atoms with E-state index in [0.29, 0.717) is 12.4 Å². The number of amides is 1. The number of thioether (sulfide) groups is 1. The molecular weight excluding hydrogens is 300 g/mol. The second kappa shape index (κ2) is 6.98. The highest BCUT2D eigenvalue weighted by Gasteiger charge is 2.43. The van der Waals surface area contributed by atoms with Crippen LogP contribution in [0, 0.1) is 0 Å². The van der Waals surface area contributed by atoms with Crippen LogP contribution in [-0.2, 0) is 20.0 Å². The summed E-state index contributed by atoms with van der Waals surface area (Å²) in [7, 11) is 0. The van der Waals surface area contributed by atoms with E-state index >= 15 is 0 Å². The summed E-state index contributed by atoms with van der Waals surface area (Å²) in [6, 6.07) is 3.97. The highest BCUT2D eigenvalue weighted by Crippen LogP contribution is 2.34. The predicted octanol–water partition coefficient (Wildman–Crippen LogP) is 2.07. The van der Waals surface area contributed by atoms with Crippen LogP contribution in [0.15, 0.2) is 24.5 Å². The third-order valence-electron chi connectivity index (χ3n) is 4.12. The Labute approximate surface area is 135 Å². The molecule has 5 nitrogen and oxygen atoms in total. The third kappa shape index (κ3) is 3.80. The largest absolute Gasteiger partial charge is 0.347 e. The van der Waals surface area contributed by atoms with E-state index < -0.39 is 5.79 Å². The molecule has 3 heterocycles. The molecule has 1 amide bonds. The van der Waals surface area contributed by atoms with Crippen LogP contribution >= 0.6 is 11.8 Å². The maximum Gasteiger partial charge on any atom is 0.232 e. The maximum atomic E-state index is 12.3. The van der Waals surface area contributed by atoms with Crippen LogP contribution in [0.4, 0.5) is 0 Å². The highest BCUT2D eigenvalue weighted by molar-refractivity contribution is 7.99. The third-order valence-corrected chi connectivity index (χ3v) is 5.11. The number of ether oxygens (including phenoxy) is 2. The first-order chi connectivity index (χ1) is 10.7. The Balaban J connectivity index is 1.40. The van der Waals surface area contributed by atoms with Gasteiger partial charge in [-0.05, 0) is 24.6 Å². The topological polar surface area (TPSA) is 51.7 Å². The lowest BCUT2D eigenvalue weighted by Crippen LogP contribution is -2.48. The van der Waals surface area contributed by atoms with Gasteiger partial charge in [-0.15, -0.1) is 11.8 Å². The van der Waals surface area contributed by atoms with Gasteiger partial charge < -0.3 is 14.4 Å². The summed E-state index contributed by atoms with van der Waals surface area (Å²) in [6.07, 6.45) is 5.28. The summed E-state index contributed by atoms with van der Waals surface area (Å²) >= 11 is 1.65. The Morgan fingerprint density at radius 1 is 1.41 bits per heavy atom. The minimum atomic E-state index is -0.430. The first-order valence-corrected chi connectivity index (χ1v) is 8.89. The number of pyridine rings is 1. The molecule has 120 valence electrons. The molecule has 1 atom stereocenters. The molecule has 1 aromatic heterocycles. The number of piperidine rings is 1. The van der Waals surface area contributed by atoms with Gasteiger partial charge in [0.15, 0.2) is 5.79 Å². The van der Waals surface area contributed by atoms with Gasteiger partial charge in [0, 0.05) is 44.1 Å². The Morgan fingerprint density at radius 2 is 2.14 bits per heavy atom. The van der Waals surface area contributed by atoms with E-state index in [4.69, 9.17) is 9.47 Å². The van der Waals surface area contributed by atoms with Gasteiger partial charge in [0.05, 0.1) is 18.5 Å². The minimum Gasteiger partial charge on any atom is -0.347 e.